The second kappa shape index (κ2) is 2.82. The van der Waals surface area contributed by atoms with Gasteiger partial charge in [0.05, 0.1) is 5.02 Å². The van der Waals surface area contributed by atoms with Gasteiger partial charge in [0.2, 0.25) is 5.69 Å². The zero-order valence-corrected chi connectivity index (χ0v) is 8.61. The Morgan fingerprint density at radius 1 is 1.46 bits per heavy atom. The second-order valence-electron chi connectivity index (χ2n) is 2.61. The molecule has 0 radical (unpaired) electrons. The van der Waals surface area contributed by atoms with E-state index in [0.717, 1.165) is 0 Å². The lowest BCUT2D eigenvalue weighted by Crippen LogP contribution is -2.64. The Morgan fingerprint density at radius 3 is 2.85 bits per heavy atom. The number of aliphatic hydroxyl groups is 1. The maximum Gasteiger partial charge on any atom is 0.414 e. The molecule has 0 saturated carbocycles. The van der Waals surface area contributed by atoms with Crippen LogP contribution in [0.1, 0.15) is 10.4 Å². The van der Waals surface area contributed by atoms with Crippen LogP contribution in [0.3, 0.4) is 0 Å². The van der Waals surface area contributed by atoms with E-state index in [0.29, 0.717) is 20.7 Å². The molecule has 0 fully saturated rings. The van der Waals surface area contributed by atoms with Crippen LogP contribution in [-0.4, -0.2) is 16.8 Å². The smallest absolute Gasteiger partial charge is 0.414 e. The van der Waals surface area contributed by atoms with Crippen LogP contribution in [0.4, 0.5) is 5.69 Å². The molecule has 0 amide bonds. The number of carbonyl (C=O) groups is 1. The third kappa shape index (κ3) is 1.26. The van der Waals surface area contributed by atoms with Crippen LogP contribution >= 0.6 is 27.5 Å². The van der Waals surface area contributed by atoms with E-state index >= 15 is 0 Å². The lowest BCUT2D eigenvalue weighted by atomic mass is 10.1. The van der Waals surface area contributed by atoms with Crippen molar-refractivity contribution in [1.82, 2.24) is 0 Å². The minimum Gasteiger partial charge on any atom is -0.457 e. The minimum atomic E-state index is -0.426. The van der Waals surface area contributed by atoms with Crippen LogP contribution < -0.4 is 4.99 Å². The van der Waals surface area contributed by atoms with Crippen molar-refractivity contribution >= 4 is 44.9 Å². The van der Waals surface area contributed by atoms with Crippen LogP contribution in [0.15, 0.2) is 16.6 Å². The summed E-state index contributed by atoms with van der Waals surface area (Å²) in [6.07, 6.45) is 0. The first kappa shape index (κ1) is 8.72. The Balaban J connectivity index is 2.68. The summed E-state index contributed by atoms with van der Waals surface area (Å²) in [4.78, 5) is 13.8. The summed E-state index contributed by atoms with van der Waals surface area (Å²) in [5.74, 6) is -0.784. The number of rotatable bonds is 0. The number of carbonyl (C=O) groups excluding carboxylic acids is 1. The van der Waals surface area contributed by atoms with Gasteiger partial charge in [0, 0.05) is 10.5 Å². The predicted octanol–water partition coefficient (Wildman–Crippen LogP) is 0.967. The zero-order valence-electron chi connectivity index (χ0n) is 6.27. The molecule has 1 aliphatic heterocycles. The number of ketones is 1. The van der Waals surface area contributed by atoms with Crippen molar-refractivity contribution < 1.29 is 14.9 Å². The van der Waals surface area contributed by atoms with Crippen molar-refractivity contribution in [3.8, 4) is 0 Å². The van der Waals surface area contributed by atoms with Gasteiger partial charge in [-0.2, -0.15) is 4.99 Å². The van der Waals surface area contributed by atoms with E-state index in [4.69, 9.17) is 16.7 Å². The summed E-state index contributed by atoms with van der Waals surface area (Å²) in [7, 11) is 0. The largest absolute Gasteiger partial charge is 0.457 e. The molecule has 0 aromatic heterocycles. The van der Waals surface area contributed by atoms with Crippen LogP contribution in [0.25, 0.3) is 0 Å². The molecule has 3 nitrogen and oxygen atoms in total. The third-order valence-electron chi connectivity index (χ3n) is 1.77. The highest BCUT2D eigenvalue weighted by Gasteiger charge is 2.32. The van der Waals surface area contributed by atoms with Gasteiger partial charge < -0.3 is 5.11 Å². The molecule has 0 bridgehead atoms. The Bertz CT molecular complexity index is 442. The fourth-order valence-electron chi connectivity index (χ4n) is 1.15. The third-order valence-corrected chi connectivity index (χ3v) is 2.97. The summed E-state index contributed by atoms with van der Waals surface area (Å²) in [6, 6.07) is 3.16. The van der Waals surface area contributed by atoms with E-state index in [1.54, 1.807) is 6.07 Å². The van der Waals surface area contributed by atoms with Crippen LogP contribution in [0.2, 0.25) is 5.02 Å². The fraction of sp³-hybridized carbons (Fsp3) is 0. The van der Waals surface area contributed by atoms with Gasteiger partial charge >= 0.3 is 11.7 Å². The van der Waals surface area contributed by atoms with Crippen LogP contribution in [0.5, 0.6) is 0 Å². The van der Waals surface area contributed by atoms with Crippen molar-refractivity contribution in [2.75, 3.05) is 0 Å². The van der Waals surface area contributed by atoms with Crippen molar-refractivity contribution in [3.05, 3.63) is 27.2 Å². The lowest BCUT2D eigenvalue weighted by molar-refractivity contribution is -0.359. The highest BCUT2D eigenvalue weighted by Crippen LogP contribution is 2.28. The van der Waals surface area contributed by atoms with Crippen molar-refractivity contribution in [2.45, 2.75) is 0 Å². The normalized spacial score (nSPS) is 14.3. The number of nitrogens with one attached hydrogen (secondary N) is 1. The first-order chi connectivity index (χ1) is 6.09. The van der Waals surface area contributed by atoms with E-state index < -0.39 is 5.78 Å². The molecule has 5 heteroatoms. The maximum absolute atomic E-state index is 11.2. The van der Waals surface area contributed by atoms with Gasteiger partial charge in [-0.15, -0.1) is 0 Å². The van der Waals surface area contributed by atoms with Gasteiger partial charge in [-0.25, -0.2) is 0 Å². The fourth-order valence-corrected chi connectivity index (χ4v) is 1.66. The number of aliphatic hydroxyl groups excluding tert-OH is 1. The molecule has 0 unspecified atom stereocenters. The number of hydrogen-bond donors (Lipinski definition) is 2. The summed E-state index contributed by atoms with van der Waals surface area (Å²) >= 11 is 9.00. The molecule has 66 valence electrons. The number of Topliss-reactive ketones (excluding diaryl/α,β-unsaturated/α-hetero) is 1. The predicted molar refractivity (Wildman–Crippen MR) is 51.7 cm³/mol. The molecule has 1 aromatic rings. The zero-order chi connectivity index (χ0) is 9.59. The van der Waals surface area contributed by atoms with Gasteiger partial charge in [0.1, 0.15) is 5.56 Å². The summed E-state index contributed by atoms with van der Waals surface area (Å²) < 4.78 is 0.683. The maximum atomic E-state index is 11.2. The molecule has 1 heterocycles. The van der Waals surface area contributed by atoms with Gasteiger partial charge in [-0.3, -0.25) is 4.79 Å². The molecule has 13 heavy (non-hydrogen) atoms. The molecule has 2 rings (SSSR count). The highest BCUT2D eigenvalue weighted by atomic mass is 79.9. The van der Waals surface area contributed by atoms with Gasteiger partial charge in [0.15, 0.2) is 0 Å². The molecule has 2 N–H and O–H groups in total. The first-order valence-corrected chi connectivity index (χ1v) is 4.63. The molecule has 0 aliphatic carbocycles. The monoisotopic (exact) mass is 260 g/mol. The average molecular weight is 261 g/mol. The molecular weight excluding hydrogens is 257 g/mol. The molecule has 1 aromatic carbocycles. The Kier molecular flexibility index (Phi) is 1.89. The molecule has 1 aliphatic rings. The van der Waals surface area contributed by atoms with Crippen LogP contribution in [-0.2, 0) is 0 Å². The van der Waals surface area contributed by atoms with Crippen molar-refractivity contribution in [3.63, 3.8) is 0 Å². The van der Waals surface area contributed by atoms with E-state index in [2.05, 4.69) is 20.9 Å². The number of benzene rings is 1. The van der Waals surface area contributed by atoms with E-state index in [1.165, 1.54) is 6.07 Å². The average Bonchev–Trinajstić information content (AvgIpc) is 2.32. The second-order valence-corrected chi connectivity index (χ2v) is 3.88. The van der Waals surface area contributed by atoms with Crippen LogP contribution in [0, 0.1) is 0 Å². The summed E-state index contributed by atoms with van der Waals surface area (Å²) in [6.45, 7) is 0. The Labute approximate surface area is 87.2 Å². The lowest BCUT2D eigenvalue weighted by Gasteiger charge is -1.94. The SMILES string of the molecule is O=C1C(O)=[NH+]c2cc(Br)c(Cl)cc21. The summed E-state index contributed by atoms with van der Waals surface area (Å²) in [5.41, 5.74) is 0.962. The van der Waals surface area contributed by atoms with E-state index in [9.17, 15) is 4.79 Å². The number of hydrogen-bond acceptors (Lipinski definition) is 1. The molecule has 0 spiro atoms. The number of fused-ring (bicyclic) bond motifs is 1. The topological polar surface area (TPSA) is 51.3 Å². The molecule has 0 atom stereocenters. The van der Waals surface area contributed by atoms with Gasteiger partial charge in [-0.1, -0.05) is 11.6 Å². The first-order valence-electron chi connectivity index (χ1n) is 3.46. The number of halogens is 2. The van der Waals surface area contributed by atoms with Crippen molar-refractivity contribution in [2.24, 2.45) is 0 Å². The molecule has 0 saturated heterocycles. The quantitative estimate of drug-likeness (QED) is 0.731. The minimum absolute atomic E-state index is 0.357. The van der Waals surface area contributed by atoms with E-state index in [1.807, 2.05) is 0 Å². The summed E-state index contributed by atoms with van der Waals surface area (Å²) in [5, 5.41) is 9.55. The Morgan fingerprint density at radius 2 is 2.15 bits per heavy atom. The van der Waals surface area contributed by atoms with E-state index in [-0.39, 0.29) is 5.90 Å². The van der Waals surface area contributed by atoms with Gasteiger partial charge in [-0.05, 0) is 22.0 Å². The Hall–Kier alpha value is -0.870. The van der Waals surface area contributed by atoms with Gasteiger partial charge in [0.25, 0.3) is 0 Å². The van der Waals surface area contributed by atoms with Crippen molar-refractivity contribution in [1.29, 1.82) is 0 Å². The highest BCUT2D eigenvalue weighted by molar-refractivity contribution is 9.10. The molecular formula is C8H4BrClNO2+. The standard InChI is InChI=1S/C8H3BrClNO2/c9-4-2-6-3(1-5(4)10)7(12)8(13)11-6/h1-2H,(H,11,12,13)/p+1.